The standard InChI is InChI=1S/C18H13Br2NO2/c1-2-23-18-13(9-15(19)10-16(18)20)8-14(11-21)17(22)12-6-4-3-5-7-12/h3-10H,2H2,1H3/b14-8+. The van der Waals surface area contributed by atoms with Crippen molar-refractivity contribution >= 4 is 43.7 Å². The van der Waals surface area contributed by atoms with E-state index in [2.05, 4.69) is 31.9 Å². The summed E-state index contributed by atoms with van der Waals surface area (Å²) in [5, 5.41) is 9.38. The van der Waals surface area contributed by atoms with Crippen LogP contribution in [0.2, 0.25) is 0 Å². The third-order valence-electron chi connectivity index (χ3n) is 3.03. The highest BCUT2D eigenvalue weighted by molar-refractivity contribution is 9.11. The van der Waals surface area contributed by atoms with Gasteiger partial charge in [0.25, 0.3) is 0 Å². The van der Waals surface area contributed by atoms with Crippen molar-refractivity contribution in [3.05, 3.63) is 68.1 Å². The Balaban J connectivity index is 2.50. The molecule has 0 fully saturated rings. The van der Waals surface area contributed by atoms with E-state index in [4.69, 9.17) is 4.74 Å². The summed E-state index contributed by atoms with van der Waals surface area (Å²) in [7, 11) is 0. The number of ether oxygens (including phenoxy) is 1. The van der Waals surface area contributed by atoms with E-state index in [1.807, 2.05) is 31.2 Å². The summed E-state index contributed by atoms with van der Waals surface area (Å²) in [6.45, 7) is 2.36. The van der Waals surface area contributed by atoms with Gasteiger partial charge in [0.1, 0.15) is 17.4 Å². The minimum Gasteiger partial charge on any atom is -0.492 e. The molecular formula is C18H13Br2NO2. The number of rotatable bonds is 5. The second kappa shape index (κ2) is 8.09. The van der Waals surface area contributed by atoms with Crippen molar-refractivity contribution in [2.24, 2.45) is 0 Å². The van der Waals surface area contributed by atoms with Crippen LogP contribution in [-0.4, -0.2) is 12.4 Å². The summed E-state index contributed by atoms with van der Waals surface area (Å²) in [5.41, 5.74) is 1.20. The molecule has 2 aromatic rings. The smallest absolute Gasteiger partial charge is 0.203 e. The number of carbonyl (C=O) groups excluding carboxylic acids is 1. The zero-order chi connectivity index (χ0) is 16.8. The highest BCUT2D eigenvalue weighted by Gasteiger charge is 2.15. The van der Waals surface area contributed by atoms with Crippen LogP contribution in [0.3, 0.4) is 0 Å². The van der Waals surface area contributed by atoms with Crippen LogP contribution in [0.1, 0.15) is 22.8 Å². The molecule has 0 aliphatic carbocycles. The minimum absolute atomic E-state index is 0.0575. The molecule has 0 atom stereocenters. The van der Waals surface area contributed by atoms with Crippen LogP contribution in [0, 0.1) is 11.3 Å². The average Bonchev–Trinajstić information content (AvgIpc) is 2.55. The second-order valence-electron chi connectivity index (χ2n) is 4.60. The van der Waals surface area contributed by atoms with Crippen LogP contribution in [-0.2, 0) is 0 Å². The molecule has 0 aromatic heterocycles. The predicted octanol–water partition coefficient (Wildman–Crippen LogP) is 5.40. The molecule has 0 aliphatic heterocycles. The first-order chi connectivity index (χ1) is 11.1. The number of benzene rings is 2. The number of hydrogen-bond donors (Lipinski definition) is 0. The zero-order valence-corrected chi connectivity index (χ0v) is 15.5. The van der Waals surface area contributed by atoms with Gasteiger partial charge in [-0.15, -0.1) is 0 Å². The molecule has 2 rings (SSSR count). The fourth-order valence-corrected chi connectivity index (χ4v) is 3.41. The fourth-order valence-electron chi connectivity index (χ4n) is 2.03. The number of nitrogens with zero attached hydrogens (tertiary/aromatic N) is 1. The van der Waals surface area contributed by atoms with E-state index in [-0.39, 0.29) is 11.4 Å². The number of nitriles is 1. The minimum atomic E-state index is -0.313. The van der Waals surface area contributed by atoms with Gasteiger partial charge in [0, 0.05) is 15.6 Å². The number of allylic oxidation sites excluding steroid dienone is 1. The van der Waals surface area contributed by atoms with Gasteiger partial charge in [-0.05, 0) is 41.1 Å². The van der Waals surface area contributed by atoms with E-state index >= 15 is 0 Å². The monoisotopic (exact) mass is 433 g/mol. The Kier molecular flexibility index (Phi) is 6.14. The lowest BCUT2D eigenvalue weighted by atomic mass is 10.0. The van der Waals surface area contributed by atoms with E-state index in [1.165, 1.54) is 0 Å². The molecule has 2 aromatic carbocycles. The molecule has 0 N–H and O–H groups in total. The Labute approximate surface area is 151 Å². The van der Waals surface area contributed by atoms with Gasteiger partial charge in [0.05, 0.1) is 11.1 Å². The Morgan fingerprint density at radius 3 is 2.57 bits per heavy atom. The number of hydrogen-bond acceptors (Lipinski definition) is 3. The molecule has 0 spiro atoms. The third kappa shape index (κ3) is 4.31. The van der Waals surface area contributed by atoms with Gasteiger partial charge in [0.15, 0.2) is 0 Å². The van der Waals surface area contributed by atoms with Crippen molar-refractivity contribution in [1.82, 2.24) is 0 Å². The molecular weight excluding hydrogens is 422 g/mol. The maximum atomic E-state index is 12.5. The second-order valence-corrected chi connectivity index (χ2v) is 6.37. The SMILES string of the molecule is CCOc1c(Br)cc(Br)cc1/C=C(\C#N)C(=O)c1ccccc1. The zero-order valence-electron chi connectivity index (χ0n) is 12.3. The topological polar surface area (TPSA) is 50.1 Å². The van der Waals surface area contributed by atoms with Gasteiger partial charge in [-0.25, -0.2) is 0 Å². The summed E-state index contributed by atoms with van der Waals surface area (Å²) < 4.78 is 7.20. The normalized spacial score (nSPS) is 11.0. The molecule has 0 heterocycles. The summed E-state index contributed by atoms with van der Waals surface area (Å²) in [5.74, 6) is 0.288. The maximum absolute atomic E-state index is 12.5. The van der Waals surface area contributed by atoms with E-state index in [9.17, 15) is 10.1 Å². The predicted molar refractivity (Wildman–Crippen MR) is 97.4 cm³/mol. The van der Waals surface area contributed by atoms with Crippen molar-refractivity contribution in [3.8, 4) is 11.8 Å². The lowest BCUT2D eigenvalue weighted by molar-refractivity contribution is 0.104. The van der Waals surface area contributed by atoms with Gasteiger partial charge < -0.3 is 4.74 Å². The molecule has 23 heavy (non-hydrogen) atoms. The lowest BCUT2D eigenvalue weighted by Gasteiger charge is -2.11. The van der Waals surface area contributed by atoms with Gasteiger partial charge in [-0.2, -0.15) is 5.26 Å². The quantitative estimate of drug-likeness (QED) is 0.359. The Morgan fingerprint density at radius 1 is 1.26 bits per heavy atom. The highest BCUT2D eigenvalue weighted by atomic mass is 79.9. The fraction of sp³-hybridized carbons (Fsp3) is 0.111. The van der Waals surface area contributed by atoms with E-state index < -0.39 is 0 Å². The van der Waals surface area contributed by atoms with Crippen LogP contribution >= 0.6 is 31.9 Å². The van der Waals surface area contributed by atoms with Crippen molar-refractivity contribution in [2.45, 2.75) is 6.92 Å². The number of Topliss-reactive ketones (excluding diaryl/α,β-unsaturated/α-hetero) is 1. The molecule has 0 radical (unpaired) electrons. The molecule has 5 heteroatoms. The van der Waals surface area contributed by atoms with Crippen molar-refractivity contribution in [2.75, 3.05) is 6.61 Å². The van der Waals surface area contributed by atoms with Crippen LogP contribution in [0.5, 0.6) is 5.75 Å². The highest BCUT2D eigenvalue weighted by Crippen LogP contribution is 2.34. The Bertz CT molecular complexity index is 793. The van der Waals surface area contributed by atoms with E-state index in [1.54, 1.807) is 30.3 Å². The van der Waals surface area contributed by atoms with Gasteiger partial charge in [-0.3, -0.25) is 4.79 Å². The first-order valence-electron chi connectivity index (χ1n) is 6.90. The summed E-state index contributed by atoms with van der Waals surface area (Å²) >= 11 is 6.85. The lowest BCUT2D eigenvalue weighted by Crippen LogP contribution is -2.02. The van der Waals surface area contributed by atoms with Crippen LogP contribution in [0.25, 0.3) is 6.08 Å². The first-order valence-corrected chi connectivity index (χ1v) is 8.48. The molecule has 116 valence electrons. The Morgan fingerprint density at radius 2 is 1.96 bits per heavy atom. The molecule has 3 nitrogen and oxygen atoms in total. The molecule has 0 bridgehead atoms. The third-order valence-corrected chi connectivity index (χ3v) is 4.07. The summed E-state index contributed by atoms with van der Waals surface area (Å²) in [4.78, 5) is 12.5. The van der Waals surface area contributed by atoms with E-state index in [0.29, 0.717) is 23.5 Å². The molecule has 0 saturated heterocycles. The van der Waals surface area contributed by atoms with E-state index in [0.717, 1.165) is 8.95 Å². The molecule has 0 saturated carbocycles. The average molecular weight is 435 g/mol. The first kappa shape index (κ1) is 17.5. The largest absolute Gasteiger partial charge is 0.492 e. The number of ketones is 1. The van der Waals surface area contributed by atoms with Crippen LogP contribution in [0.15, 0.2) is 57.0 Å². The van der Waals surface area contributed by atoms with Crippen molar-refractivity contribution in [1.29, 1.82) is 5.26 Å². The van der Waals surface area contributed by atoms with Gasteiger partial charge in [0.2, 0.25) is 5.78 Å². The summed E-state index contributed by atoms with van der Waals surface area (Å²) in [6, 6.07) is 14.4. The maximum Gasteiger partial charge on any atom is 0.203 e. The number of carbonyl (C=O) groups is 1. The Hall–Kier alpha value is -1.90. The summed E-state index contributed by atoms with van der Waals surface area (Å²) in [6.07, 6.45) is 1.55. The molecule has 0 aliphatic rings. The van der Waals surface area contributed by atoms with Gasteiger partial charge in [-0.1, -0.05) is 46.3 Å². The van der Waals surface area contributed by atoms with Gasteiger partial charge >= 0.3 is 0 Å². The number of halogens is 2. The molecule has 0 amide bonds. The van der Waals surface area contributed by atoms with Crippen molar-refractivity contribution < 1.29 is 9.53 Å². The van der Waals surface area contributed by atoms with Crippen molar-refractivity contribution in [3.63, 3.8) is 0 Å². The molecule has 0 unspecified atom stereocenters. The van der Waals surface area contributed by atoms with Crippen LogP contribution in [0.4, 0.5) is 0 Å². The van der Waals surface area contributed by atoms with Crippen LogP contribution < -0.4 is 4.74 Å².